The van der Waals surface area contributed by atoms with Gasteiger partial charge in [0.05, 0.1) is 28.4 Å². The summed E-state index contributed by atoms with van der Waals surface area (Å²) < 4.78 is 22.4. The highest BCUT2D eigenvalue weighted by atomic mass is 16.5. The minimum Gasteiger partial charge on any atom is -0.493 e. The first-order valence-corrected chi connectivity index (χ1v) is 14.1. The normalized spacial score (nSPS) is 18.7. The Morgan fingerprint density at radius 1 is 0.821 bits per heavy atom. The predicted octanol–water partition coefficient (Wildman–Crippen LogP) is 7.48. The van der Waals surface area contributed by atoms with Crippen molar-refractivity contribution in [2.75, 3.05) is 35.5 Å². The van der Waals surface area contributed by atoms with Crippen molar-refractivity contribution in [3.8, 4) is 23.0 Å². The van der Waals surface area contributed by atoms with Crippen LogP contribution in [0, 0.1) is 11.3 Å². The molecule has 1 aromatic heterocycles. The van der Waals surface area contributed by atoms with Gasteiger partial charge in [-0.1, -0.05) is 26.8 Å². The van der Waals surface area contributed by atoms with Crippen LogP contribution in [-0.4, -0.2) is 51.4 Å². The summed E-state index contributed by atoms with van der Waals surface area (Å²) in [5.41, 5.74) is 2.69. The molecule has 0 spiro atoms. The van der Waals surface area contributed by atoms with Gasteiger partial charge in [0.25, 0.3) is 0 Å². The zero-order chi connectivity index (χ0) is 28.2. The van der Waals surface area contributed by atoms with Crippen LogP contribution in [0.1, 0.15) is 70.2 Å². The first-order valence-electron chi connectivity index (χ1n) is 14.1. The van der Waals surface area contributed by atoms with Crippen molar-refractivity contribution in [1.82, 2.24) is 9.88 Å². The van der Waals surface area contributed by atoms with E-state index in [-0.39, 0.29) is 6.04 Å². The molecule has 0 bridgehead atoms. The van der Waals surface area contributed by atoms with E-state index in [1.165, 1.54) is 31.2 Å². The molecule has 1 unspecified atom stereocenters. The number of hydrogen-bond acceptors (Lipinski definition) is 6. The molecule has 212 valence electrons. The Morgan fingerprint density at radius 3 is 2.05 bits per heavy atom. The topological polar surface area (TPSA) is 53.0 Å². The Hall–Kier alpha value is -2.99. The quantitative estimate of drug-likeness (QED) is 0.269. The fourth-order valence-electron chi connectivity index (χ4n) is 6.30. The van der Waals surface area contributed by atoms with E-state index < -0.39 is 0 Å². The molecule has 2 aromatic carbocycles. The number of methoxy groups -OCH3 is 4. The average Bonchev–Trinajstić information content (AvgIpc) is 2.95. The molecule has 0 radical (unpaired) electrons. The van der Waals surface area contributed by atoms with Gasteiger partial charge in [-0.25, -0.2) is 0 Å². The maximum Gasteiger partial charge on any atom is 0.161 e. The van der Waals surface area contributed by atoms with Gasteiger partial charge in [-0.05, 0) is 98.2 Å². The lowest BCUT2D eigenvalue weighted by Gasteiger charge is -2.42. The molecule has 6 nitrogen and oxygen atoms in total. The average molecular weight is 535 g/mol. The highest BCUT2D eigenvalue weighted by Gasteiger charge is 2.33. The highest BCUT2D eigenvalue weighted by molar-refractivity contribution is 5.87. The molecule has 1 fully saturated rings. The highest BCUT2D eigenvalue weighted by Crippen LogP contribution is 2.42. The van der Waals surface area contributed by atoms with Gasteiger partial charge >= 0.3 is 0 Å². The van der Waals surface area contributed by atoms with E-state index in [0.29, 0.717) is 11.5 Å². The summed E-state index contributed by atoms with van der Waals surface area (Å²) in [5, 5.41) is 2.21. The summed E-state index contributed by atoms with van der Waals surface area (Å²) in [6, 6.07) is 13.2. The van der Waals surface area contributed by atoms with Crippen LogP contribution >= 0.6 is 0 Å². The smallest absolute Gasteiger partial charge is 0.161 e. The molecule has 1 atom stereocenters. The van der Waals surface area contributed by atoms with Crippen LogP contribution in [0.2, 0.25) is 0 Å². The van der Waals surface area contributed by atoms with Gasteiger partial charge in [0.1, 0.15) is 0 Å². The lowest BCUT2D eigenvalue weighted by molar-refractivity contribution is 0.0823. The number of aromatic nitrogens is 1. The first kappa shape index (κ1) is 29.0. The van der Waals surface area contributed by atoms with E-state index in [0.717, 1.165) is 58.2 Å². The lowest BCUT2D eigenvalue weighted by atomic mass is 9.71. The molecular weight excluding hydrogens is 488 g/mol. The summed E-state index contributed by atoms with van der Waals surface area (Å²) >= 11 is 0. The van der Waals surface area contributed by atoms with E-state index in [1.807, 2.05) is 24.4 Å². The van der Waals surface area contributed by atoms with Gasteiger partial charge in [-0.3, -0.25) is 9.88 Å². The first-order chi connectivity index (χ1) is 18.7. The third kappa shape index (κ3) is 6.43. The summed E-state index contributed by atoms with van der Waals surface area (Å²) in [7, 11) is 9.04. The molecule has 0 amide bonds. The molecule has 4 rings (SSSR count). The second kappa shape index (κ2) is 12.5. The Morgan fingerprint density at radius 2 is 1.44 bits per heavy atom. The van der Waals surface area contributed by atoms with E-state index in [9.17, 15) is 0 Å². The molecule has 1 saturated carbocycles. The van der Waals surface area contributed by atoms with E-state index in [2.05, 4.69) is 50.9 Å². The van der Waals surface area contributed by atoms with Crippen molar-refractivity contribution in [3.05, 3.63) is 53.9 Å². The number of benzene rings is 2. The Balaban J connectivity index is 1.64. The Kier molecular flexibility index (Phi) is 9.27. The fourth-order valence-corrected chi connectivity index (χ4v) is 6.30. The molecule has 1 heterocycles. The number of rotatable bonds is 10. The molecule has 6 heteroatoms. The van der Waals surface area contributed by atoms with E-state index >= 15 is 0 Å². The minimum atomic E-state index is 0.221. The van der Waals surface area contributed by atoms with Crippen molar-refractivity contribution < 1.29 is 18.9 Å². The number of nitrogens with zero attached hydrogens (tertiary/aromatic N) is 2. The second-order valence-electron chi connectivity index (χ2n) is 11.9. The standard InChI is InChI=1S/C33H46N2O4/c1-33(2,3)24-10-12-25(13-11-24)35(4)28(23-9-16-29(36-5)30(20-23)37-6)15-14-27-26-21-32(39-8)31(38-7)19-22(26)17-18-34-27/h9,16-21,24-25,28H,10-15H2,1-8H3. The summed E-state index contributed by atoms with van der Waals surface area (Å²) in [4.78, 5) is 7.42. The third-order valence-electron chi connectivity index (χ3n) is 8.79. The Labute approximate surface area is 234 Å². The van der Waals surface area contributed by atoms with Crippen molar-refractivity contribution in [3.63, 3.8) is 0 Å². The van der Waals surface area contributed by atoms with Crippen LogP contribution < -0.4 is 18.9 Å². The van der Waals surface area contributed by atoms with Crippen LogP contribution in [0.15, 0.2) is 42.6 Å². The van der Waals surface area contributed by atoms with Gasteiger partial charge in [-0.2, -0.15) is 0 Å². The molecule has 0 N–H and O–H groups in total. The number of ether oxygens (including phenoxy) is 4. The van der Waals surface area contributed by atoms with Gasteiger partial charge in [0.2, 0.25) is 0 Å². The molecule has 1 aliphatic carbocycles. The van der Waals surface area contributed by atoms with Crippen LogP contribution in [0.3, 0.4) is 0 Å². The van der Waals surface area contributed by atoms with Gasteiger partial charge in [0, 0.05) is 29.4 Å². The zero-order valence-corrected chi connectivity index (χ0v) is 25.0. The maximum atomic E-state index is 5.69. The fraction of sp³-hybridized carbons (Fsp3) is 0.545. The number of fused-ring (bicyclic) bond motifs is 1. The van der Waals surface area contributed by atoms with Crippen molar-refractivity contribution in [1.29, 1.82) is 0 Å². The van der Waals surface area contributed by atoms with Crippen LogP contribution in [0.4, 0.5) is 0 Å². The molecule has 39 heavy (non-hydrogen) atoms. The third-order valence-corrected chi connectivity index (χ3v) is 8.79. The van der Waals surface area contributed by atoms with Gasteiger partial charge in [-0.15, -0.1) is 0 Å². The monoisotopic (exact) mass is 534 g/mol. The number of hydrogen-bond donors (Lipinski definition) is 0. The van der Waals surface area contributed by atoms with Crippen molar-refractivity contribution in [2.45, 2.75) is 71.4 Å². The van der Waals surface area contributed by atoms with Gasteiger partial charge < -0.3 is 18.9 Å². The van der Waals surface area contributed by atoms with Gasteiger partial charge in [0.15, 0.2) is 23.0 Å². The van der Waals surface area contributed by atoms with E-state index in [1.54, 1.807) is 28.4 Å². The summed E-state index contributed by atoms with van der Waals surface area (Å²) in [5.74, 6) is 3.77. The van der Waals surface area contributed by atoms with Crippen molar-refractivity contribution >= 4 is 10.8 Å². The zero-order valence-electron chi connectivity index (χ0n) is 25.0. The molecular formula is C33H46N2O4. The lowest BCUT2D eigenvalue weighted by Crippen LogP contribution is -2.40. The maximum absolute atomic E-state index is 5.69. The summed E-state index contributed by atoms with van der Waals surface area (Å²) in [6.07, 6.45) is 8.69. The largest absolute Gasteiger partial charge is 0.493 e. The van der Waals surface area contributed by atoms with Crippen LogP contribution in [0.5, 0.6) is 23.0 Å². The minimum absolute atomic E-state index is 0.221. The molecule has 0 aliphatic heterocycles. The Bertz CT molecular complexity index is 1240. The molecule has 3 aromatic rings. The number of aryl methyl sites for hydroxylation is 1. The predicted molar refractivity (Wildman–Crippen MR) is 158 cm³/mol. The molecule has 0 saturated heterocycles. The SMILES string of the molecule is COc1ccc(C(CCc2nccc3cc(OC)c(OC)cc23)N(C)C2CCC(C(C)(C)C)CC2)cc1OC. The summed E-state index contributed by atoms with van der Waals surface area (Å²) in [6.45, 7) is 7.15. The number of pyridine rings is 1. The van der Waals surface area contributed by atoms with Crippen molar-refractivity contribution in [2.24, 2.45) is 11.3 Å². The van der Waals surface area contributed by atoms with Crippen LogP contribution in [0.25, 0.3) is 10.8 Å². The van der Waals surface area contributed by atoms with Crippen LogP contribution in [-0.2, 0) is 6.42 Å². The second-order valence-corrected chi connectivity index (χ2v) is 11.9. The molecule has 1 aliphatic rings. The van der Waals surface area contributed by atoms with E-state index in [4.69, 9.17) is 23.9 Å².